The van der Waals surface area contributed by atoms with E-state index in [-0.39, 0.29) is 26.2 Å². The number of nitrogens with one attached hydrogen (secondary N) is 1. The van der Waals surface area contributed by atoms with E-state index in [9.17, 15) is 9.90 Å². The van der Waals surface area contributed by atoms with Gasteiger partial charge in [0.05, 0.1) is 24.7 Å². The normalized spacial score (nSPS) is 13.2. The van der Waals surface area contributed by atoms with Gasteiger partial charge in [-0.3, -0.25) is 4.79 Å². The summed E-state index contributed by atoms with van der Waals surface area (Å²) in [5, 5.41) is 13.5. The smallest absolute Gasteiger partial charge is 0.324 e. The van der Waals surface area contributed by atoms with E-state index in [1.165, 1.54) is 0 Å². The van der Waals surface area contributed by atoms with Gasteiger partial charge in [-0.2, -0.15) is 0 Å². The summed E-state index contributed by atoms with van der Waals surface area (Å²) in [6, 6.07) is 30.2. The fourth-order valence-corrected chi connectivity index (χ4v) is 5.05. The monoisotopic (exact) mass is 565 g/mol. The van der Waals surface area contributed by atoms with Crippen LogP contribution in [0, 0.1) is 12.3 Å². The molecule has 0 saturated carbocycles. The molecule has 0 aliphatic heterocycles. The van der Waals surface area contributed by atoms with Crippen molar-refractivity contribution >= 4 is 5.97 Å². The Hall–Kier alpha value is -4.22. The largest absolute Gasteiger partial charge is 0.459 e. The highest BCUT2D eigenvalue weighted by molar-refractivity contribution is 5.76. The van der Waals surface area contributed by atoms with Gasteiger partial charge in [0.25, 0.3) is 0 Å². The third-order valence-corrected chi connectivity index (χ3v) is 6.80. The molecule has 0 fully saturated rings. The van der Waals surface area contributed by atoms with E-state index in [4.69, 9.17) is 20.9 Å². The number of hydrogen-bond donors (Lipinski definition) is 2. The summed E-state index contributed by atoms with van der Waals surface area (Å²) in [6.45, 7) is 5.77. The molecule has 0 bridgehead atoms. The van der Waals surface area contributed by atoms with Crippen molar-refractivity contribution in [3.63, 3.8) is 0 Å². The van der Waals surface area contributed by atoms with Gasteiger partial charge in [0.15, 0.2) is 0 Å². The Kier molecular flexibility index (Phi) is 10.3. The molecule has 0 aliphatic rings. The molecule has 4 rings (SSSR count). The molecule has 218 valence electrons. The molecule has 2 atom stereocenters. The maximum Gasteiger partial charge on any atom is 0.324 e. The molecule has 1 heterocycles. The molecule has 0 amide bonds. The first-order valence-electron chi connectivity index (χ1n) is 14.1. The van der Waals surface area contributed by atoms with Crippen molar-refractivity contribution in [1.29, 1.82) is 0 Å². The van der Waals surface area contributed by atoms with Crippen molar-refractivity contribution in [1.82, 2.24) is 14.9 Å². The molecule has 2 unspecified atom stereocenters. The summed E-state index contributed by atoms with van der Waals surface area (Å²) < 4.78 is 13.1. The lowest BCUT2D eigenvalue weighted by Crippen LogP contribution is -2.46. The number of aliphatic hydroxyl groups excluding tert-OH is 1. The Labute approximate surface area is 248 Å². The summed E-state index contributed by atoms with van der Waals surface area (Å²) in [6.07, 6.45) is 8.44. The third-order valence-electron chi connectivity index (χ3n) is 6.80. The van der Waals surface area contributed by atoms with E-state index in [1.54, 1.807) is 0 Å². The average molecular weight is 566 g/mol. The number of carbonyl (C=O) groups is 1. The summed E-state index contributed by atoms with van der Waals surface area (Å²) in [5.74, 6) is 1.95. The first-order chi connectivity index (χ1) is 20.2. The summed E-state index contributed by atoms with van der Waals surface area (Å²) >= 11 is 0. The number of rotatable bonds is 13. The minimum absolute atomic E-state index is 0.0562. The van der Waals surface area contributed by atoms with Crippen molar-refractivity contribution in [3.05, 3.63) is 126 Å². The van der Waals surface area contributed by atoms with Gasteiger partial charge in [0, 0.05) is 19.2 Å². The van der Waals surface area contributed by atoms with Gasteiger partial charge >= 0.3 is 5.97 Å². The van der Waals surface area contributed by atoms with Crippen LogP contribution in [0.15, 0.2) is 104 Å². The molecular weight excluding hydrogens is 526 g/mol. The molecule has 2 N–H and O–H groups in total. The fraction of sp³-hybridized carbons (Fsp3) is 0.314. The first-order valence-corrected chi connectivity index (χ1v) is 14.1. The van der Waals surface area contributed by atoms with Crippen molar-refractivity contribution in [3.8, 4) is 12.3 Å². The second kappa shape index (κ2) is 14.1. The number of carbonyl (C=O) groups excluding carboxylic acids is 1. The second-order valence-corrected chi connectivity index (χ2v) is 11.2. The fourth-order valence-electron chi connectivity index (χ4n) is 5.05. The van der Waals surface area contributed by atoms with Crippen molar-refractivity contribution in [2.75, 3.05) is 19.8 Å². The molecule has 1 aromatic heterocycles. The molecule has 42 heavy (non-hydrogen) atoms. The Bertz CT molecular complexity index is 1340. The SMILES string of the molecule is C#CCOCC(O)CNC(Cc1cn(C(c2ccccc2)(c2ccccc2)c2ccccc2)cn1)C(=O)OC(C)(C)C. The predicted octanol–water partition coefficient (Wildman–Crippen LogP) is 4.58. The lowest BCUT2D eigenvalue weighted by Gasteiger charge is -2.37. The number of benzene rings is 3. The van der Waals surface area contributed by atoms with Crippen molar-refractivity contribution < 1.29 is 19.4 Å². The molecule has 4 aromatic rings. The quantitative estimate of drug-likeness (QED) is 0.107. The highest BCUT2D eigenvalue weighted by Gasteiger charge is 2.38. The Morgan fingerprint density at radius 1 is 0.952 bits per heavy atom. The predicted molar refractivity (Wildman–Crippen MR) is 164 cm³/mol. The van der Waals surface area contributed by atoms with Crippen LogP contribution in [0.3, 0.4) is 0 Å². The molecular formula is C35H39N3O4. The number of esters is 1. The Balaban J connectivity index is 1.72. The van der Waals surface area contributed by atoms with E-state index in [0.29, 0.717) is 5.69 Å². The number of imidazole rings is 1. The van der Waals surface area contributed by atoms with E-state index >= 15 is 0 Å². The second-order valence-electron chi connectivity index (χ2n) is 11.2. The maximum atomic E-state index is 13.2. The number of aliphatic hydroxyl groups is 1. The Morgan fingerprint density at radius 3 is 1.95 bits per heavy atom. The van der Waals surface area contributed by atoms with Crippen LogP contribution in [-0.2, 0) is 26.2 Å². The van der Waals surface area contributed by atoms with Gasteiger partial charge in [-0.05, 0) is 37.5 Å². The Morgan fingerprint density at radius 2 is 1.48 bits per heavy atom. The molecule has 0 saturated heterocycles. The first kappa shape index (κ1) is 30.7. The van der Waals surface area contributed by atoms with E-state index in [2.05, 4.69) is 52.2 Å². The number of nitrogens with zero attached hydrogens (tertiary/aromatic N) is 2. The minimum atomic E-state index is -0.845. The third kappa shape index (κ3) is 7.54. The van der Waals surface area contributed by atoms with Crippen LogP contribution >= 0.6 is 0 Å². The average Bonchev–Trinajstić information content (AvgIpc) is 3.45. The van der Waals surface area contributed by atoms with Crippen LogP contribution in [0.25, 0.3) is 0 Å². The van der Waals surface area contributed by atoms with Gasteiger partial charge in [-0.15, -0.1) is 6.42 Å². The molecule has 3 aromatic carbocycles. The lowest BCUT2D eigenvalue weighted by molar-refractivity contribution is -0.157. The molecule has 7 heteroatoms. The minimum Gasteiger partial charge on any atom is -0.459 e. The van der Waals surface area contributed by atoms with Crippen LogP contribution in [0.1, 0.15) is 43.2 Å². The number of terminal acetylenes is 1. The van der Waals surface area contributed by atoms with E-state index in [0.717, 1.165) is 16.7 Å². The highest BCUT2D eigenvalue weighted by Crippen LogP contribution is 2.40. The maximum absolute atomic E-state index is 13.2. The molecule has 0 spiro atoms. The summed E-state index contributed by atoms with van der Waals surface area (Å²) in [7, 11) is 0. The zero-order valence-electron chi connectivity index (χ0n) is 24.4. The van der Waals surface area contributed by atoms with Crippen LogP contribution in [0.2, 0.25) is 0 Å². The van der Waals surface area contributed by atoms with Gasteiger partial charge in [0.1, 0.15) is 23.8 Å². The standard InChI is InChI=1S/C35H39N3O4/c1-5-21-41-25-31(39)23-36-32(33(40)42-34(2,3)4)22-30-24-38(26-37-30)35(27-15-9-6-10-16-27,28-17-11-7-12-18-28)29-19-13-8-14-20-29/h1,6-20,24,26,31-32,36,39H,21-23,25H2,2-4H3. The summed E-state index contributed by atoms with van der Waals surface area (Å²) in [5.41, 5.74) is 2.53. The van der Waals surface area contributed by atoms with Crippen molar-refractivity contribution in [2.24, 2.45) is 0 Å². The van der Waals surface area contributed by atoms with Gasteiger partial charge < -0.3 is 24.5 Å². The van der Waals surface area contributed by atoms with Gasteiger partial charge in [0.2, 0.25) is 0 Å². The zero-order chi connectivity index (χ0) is 30.0. The highest BCUT2D eigenvalue weighted by atomic mass is 16.6. The van der Waals surface area contributed by atoms with Crippen LogP contribution in [-0.4, -0.2) is 58.1 Å². The van der Waals surface area contributed by atoms with E-state index < -0.39 is 29.3 Å². The van der Waals surface area contributed by atoms with Crippen LogP contribution < -0.4 is 5.32 Å². The van der Waals surface area contributed by atoms with E-state index in [1.807, 2.05) is 87.9 Å². The van der Waals surface area contributed by atoms with Gasteiger partial charge in [-0.25, -0.2) is 4.98 Å². The molecule has 7 nitrogen and oxygen atoms in total. The van der Waals surface area contributed by atoms with Crippen LogP contribution in [0.5, 0.6) is 0 Å². The van der Waals surface area contributed by atoms with Crippen LogP contribution in [0.4, 0.5) is 0 Å². The zero-order valence-corrected chi connectivity index (χ0v) is 24.4. The van der Waals surface area contributed by atoms with Gasteiger partial charge in [-0.1, -0.05) is 96.9 Å². The topological polar surface area (TPSA) is 85.6 Å². The number of aromatic nitrogens is 2. The number of ether oxygens (including phenoxy) is 2. The number of hydrogen-bond acceptors (Lipinski definition) is 6. The lowest BCUT2D eigenvalue weighted by atomic mass is 9.77. The summed E-state index contributed by atoms with van der Waals surface area (Å²) in [4.78, 5) is 18.0. The molecule has 0 radical (unpaired) electrons. The molecule has 0 aliphatic carbocycles. The van der Waals surface area contributed by atoms with Crippen molar-refractivity contribution in [2.45, 2.75) is 50.5 Å².